The molecule has 0 aliphatic heterocycles. The first-order valence-corrected chi connectivity index (χ1v) is 6.63. The summed E-state index contributed by atoms with van der Waals surface area (Å²) in [6, 6.07) is 2.82. The Bertz CT molecular complexity index is 354. The van der Waals surface area contributed by atoms with Gasteiger partial charge in [-0.2, -0.15) is 0 Å². The molecule has 0 aliphatic carbocycles. The van der Waals surface area contributed by atoms with Gasteiger partial charge in [0.15, 0.2) is 0 Å². The van der Waals surface area contributed by atoms with Gasteiger partial charge in [-0.05, 0) is 17.9 Å². The van der Waals surface area contributed by atoms with E-state index in [1.807, 2.05) is 6.92 Å². The molecule has 0 radical (unpaired) electrons. The molecule has 0 amide bonds. The Morgan fingerprint density at radius 3 is 2.79 bits per heavy atom. The van der Waals surface area contributed by atoms with Crippen molar-refractivity contribution in [1.82, 2.24) is 4.72 Å². The van der Waals surface area contributed by atoms with Crippen LogP contribution in [-0.4, -0.2) is 26.2 Å². The molecule has 0 aromatic carbocycles. The number of nitrogens with one attached hydrogen (secondary N) is 1. The minimum atomic E-state index is -3.43. The van der Waals surface area contributed by atoms with E-state index >= 15 is 0 Å². The van der Waals surface area contributed by atoms with Crippen LogP contribution in [0.4, 0.5) is 0 Å². The van der Waals surface area contributed by atoms with Crippen LogP contribution in [0.3, 0.4) is 0 Å². The SMILES string of the molecule is CC[C@H](CO)NS(=O)(=O)c1cccs1. The minimum absolute atomic E-state index is 0.179. The number of sulfonamides is 1. The van der Waals surface area contributed by atoms with E-state index in [1.54, 1.807) is 11.4 Å². The molecule has 1 atom stereocenters. The first-order valence-electron chi connectivity index (χ1n) is 4.27. The van der Waals surface area contributed by atoms with Crippen molar-refractivity contribution in [3.8, 4) is 0 Å². The van der Waals surface area contributed by atoms with Gasteiger partial charge < -0.3 is 5.11 Å². The molecular weight excluding hydrogens is 222 g/mol. The fourth-order valence-electron chi connectivity index (χ4n) is 0.944. The minimum Gasteiger partial charge on any atom is -0.395 e. The lowest BCUT2D eigenvalue weighted by Gasteiger charge is -2.12. The molecule has 0 unspecified atom stereocenters. The average Bonchev–Trinajstić information content (AvgIpc) is 2.67. The van der Waals surface area contributed by atoms with Gasteiger partial charge in [0.1, 0.15) is 4.21 Å². The Morgan fingerprint density at radius 2 is 2.36 bits per heavy atom. The summed E-state index contributed by atoms with van der Waals surface area (Å²) >= 11 is 1.16. The second kappa shape index (κ2) is 4.88. The van der Waals surface area contributed by atoms with Gasteiger partial charge in [0.25, 0.3) is 0 Å². The molecule has 80 valence electrons. The third-order valence-electron chi connectivity index (χ3n) is 1.79. The number of hydrogen-bond acceptors (Lipinski definition) is 4. The summed E-state index contributed by atoms with van der Waals surface area (Å²) < 4.78 is 25.9. The molecule has 0 spiro atoms. The molecular formula is C8H13NO3S2. The zero-order chi connectivity index (χ0) is 10.6. The van der Waals surface area contributed by atoms with E-state index in [2.05, 4.69) is 4.72 Å². The van der Waals surface area contributed by atoms with Crippen LogP contribution in [0.1, 0.15) is 13.3 Å². The first kappa shape index (κ1) is 11.6. The third-order valence-corrected chi connectivity index (χ3v) is 4.71. The summed E-state index contributed by atoms with van der Waals surface area (Å²) in [6.45, 7) is 1.64. The van der Waals surface area contributed by atoms with Crippen molar-refractivity contribution >= 4 is 21.4 Å². The zero-order valence-corrected chi connectivity index (χ0v) is 9.44. The number of thiophene rings is 1. The zero-order valence-electron chi connectivity index (χ0n) is 7.80. The van der Waals surface area contributed by atoms with Crippen LogP contribution in [-0.2, 0) is 10.0 Å². The van der Waals surface area contributed by atoms with Crippen molar-refractivity contribution in [1.29, 1.82) is 0 Å². The van der Waals surface area contributed by atoms with Crippen LogP contribution in [0, 0.1) is 0 Å². The molecule has 1 aromatic heterocycles. The van der Waals surface area contributed by atoms with Crippen LogP contribution >= 0.6 is 11.3 Å². The van der Waals surface area contributed by atoms with Gasteiger partial charge in [0, 0.05) is 6.04 Å². The summed E-state index contributed by atoms with van der Waals surface area (Å²) in [5.41, 5.74) is 0. The van der Waals surface area contributed by atoms with Crippen LogP contribution < -0.4 is 4.72 Å². The Labute approximate surface area is 87.6 Å². The molecule has 14 heavy (non-hydrogen) atoms. The quantitative estimate of drug-likeness (QED) is 0.793. The Kier molecular flexibility index (Phi) is 4.06. The van der Waals surface area contributed by atoms with E-state index in [4.69, 9.17) is 5.11 Å². The van der Waals surface area contributed by atoms with Crippen molar-refractivity contribution in [2.24, 2.45) is 0 Å². The Balaban J connectivity index is 2.77. The topological polar surface area (TPSA) is 66.4 Å². The lowest BCUT2D eigenvalue weighted by atomic mass is 10.3. The number of aliphatic hydroxyl groups is 1. The van der Waals surface area contributed by atoms with Crippen LogP contribution in [0.25, 0.3) is 0 Å². The molecule has 0 fully saturated rings. The van der Waals surface area contributed by atoms with Crippen LogP contribution in [0.15, 0.2) is 21.7 Å². The highest BCUT2D eigenvalue weighted by Gasteiger charge is 2.18. The lowest BCUT2D eigenvalue weighted by molar-refractivity contribution is 0.254. The highest BCUT2D eigenvalue weighted by atomic mass is 32.2. The molecule has 1 heterocycles. The third kappa shape index (κ3) is 2.78. The maximum absolute atomic E-state index is 11.6. The number of rotatable bonds is 5. The fraction of sp³-hybridized carbons (Fsp3) is 0.500. The van der Waals surface area contributed by atoms with Crippen molar-refractivity contribution in [2.75, 3.05) is 6.61 Å². The summed E-state index contributed by atoms with van der Waals surface area (Å²) in [7, 11) is -3.43. The highest BCUT2D eigenvalue weighted by molar-refractivity contribution is 7.91. The lowest BCUT2D eigenvalue weighted by Crippen LogP contribution is -2.36. The average molecular weight is 235 g/mol. The molecule has 0 saturated carbocycles. The summed E-state index contributed by atoms with van der Waals surface area (Å²) in [5.74, 6) is 0. The molecule has 0 aliphatic rings. The second-order valence-electron chi connectivity index (χ2n) is 2.84. The van der Waals surface area contributed by atoms with E-state index in [-0.39, 0.29) is 10.8 Å². The summed E-state index contributed by atoms with van der Waals surface area (Å²) in [6.07, 6.45) is 0.571. The van der Waals surface area contributed by atoms with E-state index in [1.165, 1.54) is 6.07 Å². The maximum Gasteiger partial charge on any atom is 0.250 e. The molecule has 1 aromatic rings. The van der Waals surface area contributed by atoms with Crippen molar-refractivity contribution in [3.05, 3.63) is 17.5 Å². The van der Waals surface area contributed by atoms with Crippen molar-refractivity contribution < 1.29 is 13.5 Å². The highest BCUT2D eigenvalue weighted by Crippen LogP contribution is 2.15. The van der Waals surface area contributed by atoms with E-state index < -0.39 is 16.1 Å². The van der Waals surface area contributed by atoms with Crippen LogP contribution in [0.2, 0.25) is 0 Å². The number of aliphatic hydroxyl groups excluding tert-OH is 1. The van der Waals surface area contributed by atoms with Gasteiger partial charge in [-0.3, -0.25) is 0 Å². The second-order valence-corrected chi connectivity index (χ2v) is 5.73. The van der Waals surface area contributed by atoms with Gasteiger partial charge in [0.2, 0.25) is 10.0 Å². The van der Waals surface area contributed by atoms with Gasteiger partial charge >= 0.3 is 0 Å². The predicted molar refractivity (Wildman–Crippen MR) is 55.8 cm³/mol. The maximum atomic E-state index is 11.6. The van der Waals surface area contributed by atoms with Crippen molar-refractivity contribution in [2.45, 2.75) is 23.6 Å². The normalized spacial score (nSPS) is 14.1. The standard InChI is InChI=1S/C8H13NO3S2/c1-2-7(6-10)9-14(11,12)8-4-3-5-13-8/h3-5,7,9-10H,2,6H2,1H3/t7-/m1/s1. The van der Waals surface area contributed by atoms with Gasteiger partial charge in [0.05, 0.1) is 6.61 Å². The van der Waals surface area contributed by atoms with Gasteiger partial charge in [-0.25, -0.2) is 13.1 Å². The number of hydrogen-bond donors (Lipinski definition) is 2. The first-order chi connectivity index (χ1) is 6.60. The van der Waals surface area contributed by atoms with Gasteiger partial charge in [-0.1, -0.05) is 13.0 Å². The summed E-state index contributed by atoms with van der Waals surface area (Å²) in [5, 5.41) is 10.6. The monoisotopic (exact) mass is 235 g/mol. The largest absolute Gasteiger partial charge is 0.395 e. The molecule has 4 nitrogen and oxygen atoms in total. The molecule has 2 N–H and O–H groups in total. The van der Waals surface area contributed by atoms with Crippen molar-refractivity contribution in [3.63, 3.8) is 0 Å². The fourth-order valence-corrected chi connectivity index (χ4v) is 3.26. The van der Waals surface area contributed by atoms with Crippen LogP contribution in [0.5, 0.6) is 0 Å². The van der Waals surface area contributed by atoms with E-state index in [9.17, 15) is 8.42 Å². The predicted octanol–water partition coefficient (Wildman–Crippen LogP) is 0.797. The Hall–Kier alpha value is -0.430. The van der Waals surface area contributed by atoms with Gasteiger partial charge in [-0.15, -0.1) is 11.3 Å². The molecule has 6 heteroatoms. The van der Waals surface area contributed by atoms with E-state index in [0.29, 0.717) is 6.42 Å². The Morgan fingerprint density at radius 1 is 1.64 bits per heavy atom. The molecule has 0 saturated heterocycles. The molecule has 1 rings (SSSR count). The van der Waals surface area contributed by atoms with E-state index in [0.717, 1.165) is 11.3 Å². The smallest absolute Gasteiger partial charge is 0.250 e. The molecule has 0 bridgehead atoms. The summed E-state index contributed by atoms with van der Waals surface area (Å²) in [4.78, 5) is 0.